The van der Waals surface area contributed by atoms with Crippen LogP contribution in [0.2, 0.25) is 0 Å². The molecule has 3 fully saturated rings. The Hall–Kier alpha value is -1.84. The van der Waals surface area contributed by atoms with Crippen molar-refractivity contribution in [1.82, 2.24) is 10.6 Å². The van der Waals surface area contributed by atoms with Crippen LogP contribution in [0.1, 0.15) is 153 Å². The fourth-order valence-electron chi connectivity index (χ4n) is 10.7. The van der Waals surface area contributed by atoms with Crippen molar-refractivity contribution in [1.29, 1.82) is 0 Å². The molecular formula is C45H80N2O7. The number of alkyl carbamates (subject to hydrolysis) is 2. The summed E-state index contributed by atoms with van der Waals surface area (Å²) in [6, 6.07) is 0. The summed E-state index contributed by atoms with van der Waals surface area (Å²) in [5, 5.41) is 5.60. The van der Waals surface area contributed by atoms with E-state index in [0.29, 0.717) is 58.0 Å². The van der Waals surface area contributed by atoms with Crippen molar-refractivity contribution in [2.45, 2.75) is 170 Å². The molecule has 4 aliphatic rings. The molecule has 2 amide bonds. The van der Waals surface area contributed by atoms with E-state index in [1.165, 1.54) is 51.4 Å². The van der Waals surface area contributed by atoms with Gasteiger partial charge in [0.1, 0.15) is 11.7 Å². The van der Waals surface area contributed by atoms with E-state index in [1.54, 1.807) is 5.57 Å². The standard InChI is InChI=1S/C45H80N2O7/c1-11-42(5,6)52-26-23-43(7,8)54-41(49)47-25-28-51-30-29-50-27-24-46-40(48)53-35-19-21-44(9)34(31-35)15-16-36-38-18-17-37(33(4)14-12-13-32(2)3)45(38,10)22-20-39(36)44/h15,32-33,35-39H,11-14,16-31H2,1-10H3,(H,46,48)(H,47,49). The largest absolute Gasteiger partial charge is 0.446 e. The molecule has 0 heterocycles. The van der Waals surface area contributed by atoms with Crippen LogP contribution < -0.4 is 10.6 Å². The highest BCUT2D eigenvalue weighted by Gasteiger charge is 2.59. The summed E-state index contributed by atoms with van der Waals surface area (Å²) in [7, 11) is 0. The van der Waals surface area contributed by atoms with Gasteiger partial charge in [-0.05, 0) is 125 Å². The van der Waals surface area contributed by atoms with Gasteiger partial charge in [-0.3, -0.25) is 0 Å². The number of fused-ring (bicyclic) bond motifs is 5. The Morgan fingerprint density at radius 2 is 1.52 bits per heavy atom. The quantitative estimate of drug-likeness (QED) is 0.0887. The fraction of sp³-hybridized carbons (Fsp3) is 0.911. The minimum Gasteiger partial charge on any atom is -0.446 e. The first-order valence-electron chi connectivity index (χ1n) is 21.9. The van der Waals surface area contributed by atoms with E-state index in [1.807, 2.05) is 13.8 Å². The van der Waals surface area contributed by atoms with Gasteiger partial charge in [-0.25, -0.2) is 9.59 Å². The van der Waals surface area contributed by atoms with E-state index in [9.17, 15) is 9.59 Å². The smallest absolute Gasteiger partial charge is 0.407 e. The molecule has 0 aromatic heterocycles. The van der Waals surface area contributed by atoms with Crippen LogP contribution in [0.4, 0.5) is 9.59 Å². The predicted octanol–water partition coefficient (Wildman–Crippen LogP) is 10.3. The summed E-state index contributed by atoms with van der Waals surface area (Å²) >= 11 is 0. The monoisotopic (exact) mass is 761 g/mol. The Kier molecular flexibility index (Phi) is 16.6. The van der Waals surface area contributed by atoms with Crippen molar-refractivity contribution < 1.29 is 33.3 Å². The minimum atomic E-state index is -0.624. The zero-order valence-corrected chi connectivity index (χ0v) is 36.1. The maximum Gasteiger partial charge on any atom is 0.407 e. The highest BCUT2D eigenvalue weighted by atomic mass is 16.6. The van der Waals surface area contributed by atoms with Crippen LogP contribution in [0, 0.1) is 46.3 Å². The number of amides is 2. The predicted molar refractivity (Wildman–Crippen MR) is 216 cm³/mol. The summed E-state index contributed by atoms with van der Waals surface area (Å²) < 4.78 is 28.6. The lowest BCUT2D eigenvalue weighted by molar-refractivity contribution is -0.0581. The Balaban J connectivity index is 1.06. The second kappa shape index (κ2) is 20.0. The lowest BCUT2D eigenvalue weighted by atomic mass is 9.47. The molecule has 4 aliphatic carbocycles. The lowest BCUT2D eigenvalue weighted by Crippen LogP contribution is -2.51. The molecule has 0 aliphatic heterocycles. The third-order valence-electron chi connectivity index (χ3n) is 14.4. The van der Waals surface area contributed by atoms with Crippen LogP contribution in [-0.2, 0) is 23.7 Å². The van der Waals surface area contributed by atoms with Crippen molar-refractivity contribution in [3.63, 3.8) is 0 Å². The first-order valence-corrected chi connectivity index (χ1v) is 21.9. The van der Waals surface area contributed by atoms with Gasteiger partial charge in [-0.15, -0.1) is 0 Å². The molecule has 9 nitrogen and oxygen atoms in total. The molecule has 0 aromatic carbocycles. The molecule has 0 radical (unpaired) electrons. The second-order valence-corrected chi connectivity index (χ2v) is 19.5. The summed E-state index contributed by atoms with van der Waals surface area (Å²) in [6.07, 6.45) is 17.1. The number of allylic oxidation sites excluding steroid dienone is 1. The normalized spacial score (nSPS) is 30.1. The van der Waals surface area contributed by atoms with E-state index in [2.05, 4.69) is 72.1 Å². The van der Waals surface area contributed by atoms with Gasteiger partial charge in [-0.1, -0.05) is 72.5 Å². The first-order chi connectivity index (χ1) is 25.5. The molecule has 0 saturated heterocycles. The van der Waals surface area contributed by atoms with Crippen molar-refractivity contribution in [2.75, 3.05) is 46.1 Å². The van der Waals surface area contributed by atoms with Crippen molar-refractivity contribution in [3.8, 4) is 0 Å². The minimum absolute atomic E-state index is 0.0595. The number of carbonyl (C=O) groups is 2. The van der Waals surface area contributed by atoms with E-state index in [-0.39, 0.29) is 23.2 Å². The molecule has 3 saturated carbocycles. The highest BCUT2D eigenvalue weighted by molar-refractivity contribution is 5.67. The first kappa shape index (κ1) is 44.9. The SMILES string of the molecule is CCC(C)(C)OCCC(C)(C)OC(=O)NCCOCCOCCNC(=O)OC1CCC2(C)C(=CCC3C2CCC2(C)C(C(C)CCCC(C)C)CCC32)C1. The lowest BCUT2D eigenvalue weighted by Gasteiger charge is -2.58. The number of carbonyl (C=O) groups excluding carboxylic acids is 2. The van der Waals surface area contributed by atoms with Gasteiger partial charge in [0.25, 0.3) is 0 Å². The van der Waals surface area contributed by atoms with Gasteiger partial charge < -0.3 is 34.3 Å². The Morgan fingerprint density at radius 3 is 2.19 bits per heavy atom. The van der Waals surface area contributed by atoms with Crippen LogP contribution in [-0.4, -0.2) is 75.6 Å². The molecule has 0 spiro atoms. The van der Waals surface area contributed by atoms with E-state index in [0.717, 1.165) is 61.2 Å². The topological polar surface area (TPSA) is 104 Å². The Bertz CT molecular complexity index is 1220. The van der Waals surface area contributed by atoms with Gasteiger partial charge in [0.2, 0.25) is 0 Å². The number of nitrogens with one attached hydrogen (secondary N) is 2. The van der Waals surface area contributed by atoms with Crippen LogP contribution in [0.15, 0.2) is 11.6 Å². The summed E-state index contributed by atoms with van der Waals surface area (Å²) in [5.74, 6) is 4.97. The molecule has 9 heteroatoms. The summed E-state index contributed by atoms with van der Waals surface area (Å²) in [4.78, 5) is 24.9. The van der Waals surface area contributed by atoms with Crippen LogP contribution >= 0.6 is 0 Å². The van der Waals surface area contributed by atoms with Crippen LogP contribution in [0.5, 0.6) is 0 Å². The highest BCUT2D eigenvalue weighted by Crippen LogP contribution is 2.67. The van der Waals surface area contributed by atoms with E-state index >= 15 is 0 Å². The number of hydrogen-bond acceptors (Lipinski definition) is 7. The summed E-state index contributed by atoms with van der Waals surface area (Å²) in [6.45, 7) is 25.2. The van der Waals surface area contributed by atoms with Crippen molar-refractivity contribution in [3.05, 3.63) is 11.6 Å². The van der Waals surface area contributed by atoms with Gasteiger partial charge >= 0.3 is 12.2 Å². The third-order valence-corrected chi connectivity index (χ3v) is 14.4. The number of rotatable bonds is 21. The van der Waals surface area contributed by atoms with Crippen LogP contribution in [0.25, 0.3) is 0 Å². The molecule has 0 bridgehead atoms. The van der Waals surface area contributed by atoms with Crippen LogP contribution in [0.3, 0.4) is 0 Å². The maximum atomic E-state index is 12.7. The molecule has 0 aromatic rings. The maximum absolute atomic E-state index is 12.7. The molecule has 2 N–H and O–H groups in total. The molecule has 54 heavy (non-hydrogen) atoms. The fourth-order valence-corrected chi connectivity index (χ4v) is 10.7. The summed E-state index contributed by atoms with van der Waals surface area (Å²) in [5.41, 5.74) is 1.49. The zero-order chi connectivity index (χ0) is 39.6. The molecule has 312 valence electrons. The van der Waals surface area contributed by atoms with Gasteiger partial charge in [-0.2, -0.15) is 0 Å². The zero-order valence-electron chi connectivity index (χ0n) is 36.1. The van der Waals surface area contributed by atoms with E-state index in [4.69, 9.17) is 23.7 Å². The number of ether oxygens (including phenoxy) is 5. The Morgan fingerprint density at radius 1 is 0.833 bits per heavy atom. The molecule has 8 unspecified atom stereocenters. The average Bonchev–Trinajstić information content (AvgIpc) is 3.46. The third kappa shape index (κ3) is 12.3. The number of hydrogen-bond donors (Lipinski definition) is 2. The second-order valence-electron chi connectivity index (χ2n) is 19.5. The van der Waals surface area contributed by atoms with E-state index < -0.39 is 11.7 Å². The Labute approximate surface area is 329 Å². The average molecular weight is 761 g/mol. The van der Waals surface area contributed by atoms with Crippen molar-refractivity contribution >= 4 is 12.2 Å². The van der Waals surface area contributed by atoms with Gasteiger partial charge in [0, 0.05) is 25.9 Å². The van der Waals surface area contributed by atoms with Crippen molar-refractivity contribution in [2.24, 2.45) is 46.3 Å². The van der Waals surface area contributed by atoms with Gasteiger partial charge in [0.15, 0.2) is 0 Å². The van der Waals surface area contributed by atoms with Gasteiger partial charge in [0.05, 0.1) is 38.6 Å². The molecule has 8 atom stereocenters. The molecule has 4 rings (SSSR count). The molecular weight excluding hydrogens is 681 g/mol.